The summed E-state index contributed by atoms with van der Waals surface area (Å²) >= 11 is 3.48. The predicted molar refractivity (Wildman–Crippen MR) is 101 cm³/mol. The van der Waals surface area contributed by atoms with Crippen LogP contribution in [0.15, 0.2) is 46.9 Å². The molecule has 0 fully saturated rings. The molecule has 126 valence electrons. The van der Waals surface area contributed by atoms with E-state index >= 15 is 0 Å². The van der Waals surface area contributed by atoms with Gasteiger partial charge in [0.05, 0.1) is 14.2 Å². The Labute approximate surface area is 150 Å². The molecule has 2 rings (SSSR count). The molecule has 2 aromatic rings. The topological polar surface area (TPSA) is 38.8 Å². The summed E-state index contributed by atoms with van der Waals surface area (Å²) in [5, 5.41) is 0. The van der Waals surface area contributed by atoms with Crippen LogP contribution in [0.3, 0.4) is 0 Å². The van der Waals surface area contributed by atoms with Crippen molar-refractivity contribution in [1.29, 1.82) is 0 Å². The molecule has 0 amide bonds. The highest BCUT2D eigenvalue weighted by Crippen LogP contribution is 2.33. The second-order valence-electron chi connectivity index (χ2n) is 5.37. The third kappa shape index (κ3) is 4.17. The number of carbonyl (C=O) groups excluding carboxylic acids is 1. The fourth-order valence-corrected chi connectivity index (χ4v) is 2.64. The van der Waals surface area contributed by atoms with Crippen LogP contribution in [0.4, 0.5) is 5.69 Å². The monoisotopic (exact) mass is 389 g/mol. The maximum absolute atomic E-state index is 12.3. The van der Waals surface area contributed by atoms with E-state index in [1.54, 1.807) is 26.4 Å². The fourth-order valence-electron chi connectivity index (χ4n) is 2.18. The van der Waals surface area contributed by atoms with Crippen molar-refractivity contribution in [1.82, 2.24) is 0 Å². The van der Waals surface area contributed by atoms with Crippen LogP contribution < -0.4 is 14.4 Å². The zero-order valence-electron chi connectivity index (χ0n) is 14.2. The van der Waals surface area contributed by atoms with E-state index in [0.717, 1.165) is 15.7 Å². The molecule has 5 heteroatoms. The minimum atomic E-state index is -0.0537. The maximum atomic E-state index is 12.3. The van der Waals surface area contributed by atoms with Crippen LogP contribution in [0.1, 0.15) is 15.9 Å². The van der Waals surface area contributed by atoms with Gasteiger partial charge in [-0.3, -0.25) is 4.79 Å². The largest absolute Gasteiger partial charge is 0.493 e. The predicted octanol–water partition coefficient (Wildman–Crippen LogP) is 4.43. The summed E-state index contributed by atoms with van der Waals surface area (Å²) in [5.41, 5.74) is 2.54. The van der Waals surface area contributed by atoms with Crippen LogP contribution in [0.5, 0.6) is 11.5 Å². The Hall–Kier alpha value is -2.27. The lowest BCUT2D eigenvalue weighted by atomic mass is 10.1. The highest BCUT2D eigenvalue weighted by atomic mass is 79.9. The molecule has 2 aromatic carbocycles. The average molecular weight is 390 g/mol. The fraction of sp³-hybridized carbons (Fsp3) is 0.211. The number of ether oxygens (including phenoxy) is 2. The second-order valence-corrected chi connectivity index (χ2v) is 6.22. The molecule has 0 atom stereocenters. The Morgan fingerprint density at radius 3 is 2.17 bits per heavy atom. The summed E-state index contributed by atoms with van der Waals surface area (Å²) in [4.78, 5) is 14.3. The second kappa shape index (κ2) is 8.02. The lowest BCUT2D eigenvalue weighted by molar-refractivity contribution is 0.104. The van der Waals surface area contributed by atoms with Gasteiger partial charge >= 0.3 is 0 Å². The van der Waals surface area contributed by atoms with Crippen LogP contribution in [-0.2, 0) is 0 Å². The Morgan fingerprint density at radius 1 is 1.04 bits per heavy atom. The zero-order valence-corrected chi connectivity index (χ0v) is 15.8. The summed E-state index contributed by atoms with van der Waals surface area (Å²) in [6.07, 6.45) is 3.31. The first kappa shape index (κ1) is 18.1. The number of ketones is 1. The number of methoxy groups -OCH3 is 2. The lowest BCUT2D eigenvalue weighted by Gasteiger charge is -2.12. The van der Waals surface area contributed by atoms with Crippen molar-refractivity contribution in [3.05, 3.63) is 58.1 Å². The Kier molecular flexibility index (Phi) is 6.04. The number of anilines is 1. The van der Waals surface area contributed by atoms with Gasteiger partial charge in [-0.05, 0) is 54.1 Å². The van der Waals surface area contributed by atoms with Gasteiger partial charge in [-0.2, -0.15) is 0 Å². The van der Waals surface area contributed by atoms with Gasteiger partial charge in [-0.1, -0.05) is 15.9 Å². The first-order valence-corrected chi connectivity index (χ1v) is 8.17. The van der Waals surface area contributed by atoms with Gasteiger partial charge in [0.1, 0.15) is 0 Å². The van der Waals surface area contributed by atoms with Gasteiger partial charge in [0, 0.05) is 29.8 Å². The summed E-state index contributed by atoms with van der Waals surface area (Å²) in [6.45, 7) is 0. The molecule has 0 saturated carbocycles. The summed E-state index contributed by atoms with van der Waals surface area (Å²) < 4.78 is 11.4. The number of halogens is 1. The minimum absolute atomic E-state index is 0.0537. The molecule has 24 heavy (non-hydrogen) atoms. The molecule has 0 bridgehead atoms. The third-order valence-corrected chi connectivity index (χ3v) is 4.27. The quantitative estimate of drug-likeness (QED) is 0.541. The van der Waals surface area contributed by atoms with Crippen LogP contribution >= 0.6 is 15.9 Å². The number of carbonyl (C=O) groups is 1. The van der Waals surface area contributed by atoms with Crippen molar-refractivity contribution in [2.75, 3.05) is 33.2 Å². The standard InChI is InChI=1S/C19H20BrNO3/c1-21(2)15-8-5-13(6-9-15)17(22)10-7-14-11-18(23-3)19(24-4)12-16(14)20/h5-12H,1-4H3/b10-7+. The van der Waals surface area contributed by atoms with Crippen molar-refractivity contribution in [3.8, 4) is 11.5 Å². The molecule has 4 nitrogen and oxygen atoms in total. The first-order valence-electron chi connectivity index (χ1n) is 7.37. The van der Waals surface area contributed by atoms with Gasteiger partial charge in [0.25, 0.3) is 0 Å². The number of allylic oxidation sites excluding steroid dienone is 1. The molecule has 0 aliphatic rings. The molecule has 0 aliphatic carbocycles. The van der Waals surface area contributed by atoms with Gasteiger partial charge in [0.2, 0.25) is 0 Å². The van der Waals surface area contributed by atoms with E-state index in [2.05, 4.69) is 15.9 Å². The van der Waals surface area contributed by atoms with E-state index in [4.69, 9.17) is 9.47 Å². The molecule has 0 aromatic heterocycles. The van der Waals surface area contributed by atoms with Crippen molar-refractivity contribution < 1.29 is 14.3 Å². The van der Waals surface area contributed by atoms with Crippen molar-refractivity contribution in [2.24, 2.45) is 0 Å². The van der Waals surface area contributed by atoms with Gasteiger partial charge in [0.15, 0.2) is 17.3 Å². The number of rotatable bonds is 6. The Morgan fingerprint density at radius 2 is 1.62 bits per heavy atom. The van der Waals surface area contributed by atoms with Crippen LogP contribution in [-0.4, -0.2) is 34.1 Å². The van der Waals surface area contributed by atoms with Gasteiger partial charge in [-0.15, -0.1) is 0 Å². The number of hydrogen-bond acceptors (Lipinski definition) is 4. The molecule has 0 N–H and O–H groups in total. The summed E-state index contributed by atoms with van der Waals surface area (Å²) in [7, 11) is 7.09. The van der Waals surface area contributed by atoms with Crippen molar-refractivity contribution in [3.63, 3.8) is 0 Å². The molecular formula is C19H20BrNO3. The van der Waals surface area contributed by atoms with Crippen LogP contribution in [0, 0.1) is 0 Å². The van der Waals surface area contributed by atoms with Crippen molar-refractivity contribution in [2.45, 2.75) is 0 Å². The van der Waals surface area contributed by atoms with E-state index < -0.39 is 0 Å². The molecule has 0 aliphatic heterocycles. The number of hydrogen-bond donors (Lipinski definition) is 0. The first-order chi connectivity index (χ1) is 11.5. The average Bonchev–Trinajstić information content (AvgIpc) is 2.60. The summed E-state index contributed by atoms with van der Waals surface area (Å²) in [5.74, 6) is 1.19. The van der Waals surface area contributed by atoms with E-state index in [1.807, 2.05) is 55.4 Å². The smallest absolute Gasteiger partial charge is 0.185 e. The normalized spacial score (nSPS) is 10.7. The molecule has 0 unspecified atom stereocenters. The molecule has 0 heterocycles. The molecule has 0 spiro atoms. The van der Waals surface area contributed by atoms with Crippen molar-refractivity contribution >= 4 is 33.5 Å². The van der Waals surface area contributed by atoms with Gasteiger partial charge < -0.3 is 14.4 Å². The highest BCUT2D eigenvalue weighted by Gasteiger charge is 2.08. The maximum Gasteiger partial charge on any atom is 0.185 e. The van der Waals surface area contributed by atoms with E-state index in [0.29, 0.717) is 17.1 Å². The van der Waals surface area contributed by atoms with E-state index in [9.17, 15) is 4.79 Å². The van der Waals surface area contributed by atoms with E-state index in [1.165, 1.54) is 0 Å². The minimum Gasteiger partial charge on any atom is -0.493 e. The Bertz CT molecular complexity index is 752. The summed E-state index contributed by atoms with van der Waals surface area (Å²) in [6, 6.07) is 11.1. The lowest BCUT2D eigenvalue weighted by Crippen LogP contribution is -2.08. The SMILES string of the molecule is COc1cc(Br)c(/C=C/C(=O)c2ccc(N(C)C)cc2)cc1OC. The highest BCUT2D eigenvalue weighted by molar-refractivity contribution is 9.10. The third-order valence-electron chi connectivity index (χ3n) is 3.59. The van der Waals surface area contributed by atoms with Gasteiger partial charge in [-0.25, -0.2) is 0 Å². The molecule has 0 radical (unpaired) electrons. The zero-order chi connectivity index (χ0) is 17.7. The van der Waals surface area contributed by atoms with E-state index in [-0.39, 0.29) is 5.78 Å². The molecular weight excluding hydrogens is 370 g/mol. The number of nitrogens with zero attached hydrogens (tertiary/aromatic N) is 1. The molecule has 0 saturated heterocycles. The number of benzene rings is 2. The van der Waals surface area contributed by atoms with Crippen LogP contribution in [0.25, 0.3) is 6.08 Å². The Balaban J connectivity index is 2.22. The van der Waals surface area contributed by atoms with Crippen LogP contribution in [0.2, 0.25) is 0 Å².